The van der Waals surface area contributed by atoms with Gasteiger partial charge in [-0.3, -0.25) is 4.79 Å². The molecule has 0 saturated carbocycles. The maximum atomic E-state index is 10.1. The molecule has 5 N–H and O–H groups in total. The van der Waals surface area contributed by atoms with Crippen LogP contribution in [0.15, 0.2) is 0 Å². The standard InChI is InChI=1S/C5H12N2O2/c1-3(5(8)9)2-4(6)7/h3-4H,2,6-7H2,1H3,(H,8,9). The molecule has 0 amide bonds. The van der Waals surface area contributed by atoms with E-state index in [2.05, 4.69) is 0 Å². The van der Waals surface area contributed by atoms with Crippen LogP contribution >= 0.6 is 0 Å². The molecular formula is C5H12N2O2. The Morgan fingerprint density at radius 1 is 1.67 bits per heavy atom. The van der Waals surface area contributed by atoms with Crippen molar-refractivity contribution in [2.75, 3.05) is 0 Å². The molecule has 0 aromatic carbocycles. The van der Waals surface area contributed by atoms with Gasteiger partial charge in [-0.2, -0.15) is 0 Å². The predicted molar refractivity (Wildman–Crippen MR) is 33.6 cm³/mol. The van der Waals surface area contributed by atoms with E-state index >= 15 is 0 Å². The van der Waals surface area contributed by atoms with Crippen LogP contribution in [0, 0.1) is 5.92 Å². The van der Waals surface area contributed by atoms with Gasteiger partial charge in [0, 0.05) is 0 Å². The zero-order chi connectivity index (χ0) is 7.44. The van der Waals surface area contributed by atoms with Crippen LogP contribution < -0.4 is 11.5 Å². The van der Waals surface area contributed by atoms with Gasteiger partial charge >= 0.3 is 5.97 Å². The molecule has 0 bridgehead atoms. The van der Waals surface area contributed by atoms with Crippen molar-refractivity contribution >= 4 is 5.97 Å². The lowest BCUT2D eigenvalue weighted by atomic mass is 10.1. The molecule has 0 radical (unpaired) electrons. The van der Waals surface area contributed by atoms with Gasteiger partial charge in [-0.1, -0.05) is 6.92 Å². The number of carboxylic acids is 1. The third kappa shape index (κ3) is 3.93. The van der Waals surface area contributed by atoms with Gasteiger partial charge < -0.3 is 16.6 Å². The van der Waals surface area contributed by atoms with Crippen molar-refractivity contribution in [2.24, 2.45) is 17.4 Å². The summed E-state index contributed by atoms with van der Waals surface area (Å²) < 4.78 is 0. The molecule has 0 spiro atoms. The second-order valence-corrected chi connectivity index (χ2v) is 2.14. The number of rotatable bonds is 3. The number of nitrogens with two attached hydrogens (primary N) is 2. The fourth-order valence-electron chi connectivity index (χ4n) is 0.509. The Hall–Kier alpha value is -0.610. The second kappa shape index (κ2) is 3.42. The molecule has 4 nitrogen and oxygen atoms in total. The molecule has 0 fully saturated rings. The summed E-state index contributed by atoms with van der Waals surface area (Å²) in [6, 6.07) is 0. The molecule has 4 heteroatoms. The molecular weight excluding hydrogens is 120 g/mol. The van der Waals surface area contributed by atoms with E-state index in [0.29, 0.717) is 6.42 Å². The monoisotopic (exact) mass is 132 g/mol. The summed E-state index contributed by atoms with van der Waals surface area (Å²) in [6.45, 7) is 1.58. The largest absolute Gasteiger partial charge is 0.481 e. The summed E-state index contributed by atoms with van der Waals surface area (Å²) in [5.74, 6) is -1.29. The normalized spacial score (nSPS) is 13.8. The Labute approximate surface area is 53.8 Å². The number of hydrogen-bond donors (Lipinski definition) is 3. The van der Waals surface area contributed by atoms with Gasteiger partial charge in [0.1, 0.15) is 0 Å². The minimum absolute atomic E-state index is 0.329. The Kier molecular flexibility index (Phi) is 3.19. The lowest BCUT2D eigenvalue weighted by Crippen LogP contribution is -2.33. The van der Waals surface area contributed by atoms with E-state index in [1.54, 1.807) is 6.92 Å². The summed E-state index contributed by atoms with van der Waals surface area (Å²) in [5.41, 5.74) is 10.3. The van der Waals surface area contributed by atoms with Gasteiger partial charge in [0.05, 0.1) is 12.1 Å². The average Bonchev–Trinajstić information content (AvgIpc) is 1.63. The molecule has 0 aliphatic rings. The first kappa shape index (κ1) is 8.39. The highest BCUT2D eigenvalue weighted by atomic mass is 16.4. The third-order valence-electron chi connectivity index (χ3n) is 1.05. The van der Waals surface area contributed by atoms with Crippen LogP contribution in [0.1, 0.15) is 13.3 Å². The Balaban J connectivity index is 3.50. The molecule has 0 saturated heterocycles. The summed E-state index contributed by atoms with van der Waals surface area (Å²) >= 11 is 0. The third-order valence-corrected chi connectivity index (χ3v) is 1.05. The van der Waals surface area contributed by atoms with Crippen LogP contribution in [0.25, 0.3) is 0 Å². The maximum Gasteiger partial charge on any atom is 0.306 e. The Bertz CT molecular complexity index is 103. The number of carboxylic acid groups (broad SMARTS) is 1. The van der Waals surface area contributed by atoms with Crippen LogP contribution in [-0.4, -0.2) is 17.2 Å². The summed E-state index contributed by atoms with van der Waals surface area (Å²) in [5, 5.41) is 8.32. The quantitative estimate of drug-likeness (QED) is 0.445. The lowest BCUT2D eigenvalue weighted by molar-refractivity contribution is -0.141. The number of hydrogen-bond acceptors (Lipinski definition) is 3. The maximum absolute atomic E-state index is 10.1. The van der Waals surface area contributed by atoms with Crippen molar-refractivity contribution in [1.29, 1.82) is 0 Å². The summed E-state index contributed by atoms with van der Waals surface area (Å²) in [4.78, 5) is 10.1. The number of carbonyl (C=O) groups is 1. The zero-order valence-corrected chi connectivity index (χ0v) is 5.37. The van der Waals surface area contributed by atoms with Crippen LogP contribution in [0.2, 0.25) is 0 Å². The highest BCUT2D eigenvalue weighted by molar-refractivity contribution is 5.69. The topological polar surface area (TPSA) is 89.3 Å². The van der Waals surface area contributed by atoms with Crippen molar-refractivity contribution in [2.45, 2.75) is 19.5 Å². The Morgan fingerprint density at radius 3 is 2.22 bits per heavy atom. The van der Waals surface area contributed by atoms with E-state index in [1.165, 1.54) is 0 Å². The zero-order valence-electron chi connectivity index (χ0n) is 5.37. The minimum Gasteiger partial charge on any atom is -0.481 e. The van der Waals surface area contributed by atoms with E-state index < -0.39 is 18.1 Å². The SMILES string of the molecule is CC(CC(N)N)C(=O)O. The van der Waals surface area contributed by atoms with Crippen molar-refractivity contribution in [1.82, 2.24) is 0 Å². The van der Waals surface area contributed by atoms with Crippen LogP contribution in [-0.2, 0) is 4.79 Å². The van der Waals surface area contributed by atoms with E-state index in [-0.39, 0.29) is 0 Å². The molecule has 9 heavy (non-hydrogen) atoms. The van der Waals surface area contributed by atoms with E-state index in [4.69, 9.17) is 16.6 Å². The molecule has 0 aromatic heterocycles. The van der Waals surface area contributed by atoms with Gasteiger partial charge in [0.25, 0.3) is 0 Å². The van der Waals surface area contributed by atoms with Crippen LogP contribution in [0.3, 0.4) is 0 Å². The summed E-state index contributed by atoms with van der Waals surface area (Å²) in [6.07, 6.45) is -0.189. The fraction of sp³-hybridized carbons (Fsp3) is 0.800. The van der Waals surface area contributed by atoms with E-state index in [1.807, 2.05) is 0 Å². The van der Waals surface area contributed by atoms with Crippen LogP contribution in [0.4, 0.5) is 0 Å². The smallest absolute Gasteiger partial charge is 0.306 e. The van der Waals surface area contributed by atoms with Gasteiger partial charge in [-0.25, -0.2) is 0 Å². The Morgan fingerprint density at radius 2 is 2.11 bits per heavy atom. The van der Waals surface area contributed by atoms with Gasteiger partial charge in [0.15, 0.2) is 0 Å². The lowest BCUT2D eigenvalue weighted by Gasteiger charge is -2.07. The van der Waals surface area contributed by atoms with E-state index in [0.717, 1.165) is 0 Å². The van der Waals surface area contributed by atoms with Gasteiger partial charge in [-0.15, -0.1) is 0 Å². The predicted octanol–water partition coefficient (Wildman–Crippen LogP) is -0.659. The second-order valence-electron chi connectivity index (χ2n) is 2.14. The highest BCUT2D eigenvalue weighted by Gasteiger charge is 2.11. The molecule has 0 rings (SSSR count). The summed E-state index contributed by atoms with van der Waals surface area (Å²) in [7, 11) is 0. The van der Waals surface area contributed by atoms with Crippen molar-refractivity contribution in [3.63, 3.8) is 0 Å². The first-order valence-electron chi connectivity index (χ1n) is 2.78. The highest BCUT2D eigenvalue weighted by Crippen LogP contribution is 2.00. The van der Waals surface area contributed by atoms with Gasteiger partial charge in [0.2, 0.25) is 0 Å². The van der Waals surface area contributed by atoms with Gasteiger partial charge in [-0.05, 0) is 6.42 Å². The van der Waals surface area contributed by atoms with Crippen molar-refractivity contribution < 1.29 is 9.90 Å². The minimum atomic E-state index is -0.851. The van der Waals surface area contributed by atoms with Crippen molar-refractivity contribution in [3.05, 3.63) is 0 Å². The molecule has 1 atom stereocenters. The molecule has 0 aliphatic heterocycles. The van der Waals surface area contributed by atoms with Crippen molar-refractivity contribution in [3.8, 4) is 0 Å². The molecule has 0 aromatic rings. The molecule has 1 unspecified atom stereocenters. The first-order chi connectivity index (χ1) is 4.04. The van der Waals surface area contributed by atoms with E-state index in [9.17, 15) is 4.79 Å². The molecule has 0 heterocycles. The average molecular weight is 132 g/mol. The van der Waals surface area contributed by atoms with Crippen LogP contribution in [0.5, 0.6) is 0 Å². The molecule has 0 aliphatic carbocycles. The molecule has 54 valence electrons. The fourth-order valence-corrected chi connectivity index (χ4v) is 0.509. The number of aliphatic carboxylic acids is 1. The first-order valence-corrected chi connectivity index (χ1v) is 2.78.